The Balaban J connectivity index is 1.76. The van der Waals surface area contributed by atoms with E-state index in [9.17, 15) is 8.42 Å². The van der Waals surface area contributed by atoms with Gasteiger partial charge in [0.2, 0.25) is 10.0 Å². The van der Waals surface area contributed by atoms with Crippen LogP contribution in [0.4, 0.5) is 0 Å². The van der Waals surface area contributed by atoms with Crippen molar-refractivity contribution in [2.24, 2.45) is 0 Å². The molecule has 1 aromatic carbocycles. The van der Waals surface area contributed by atoms with Crippen molar-refractivity contribution in [1.82, 2.24) is 14.2 Å². The van der Waals surface area contributed by atoms with E-state index in [0.717, 1.165) is 56.0 Å². The van der Waals surface area contributed by atoms with E-state index in [1.165, 1.54) is 0 Å². The third-order valence-electron chi connectivity index (χ3n) is 5.21. The van der Waals surface area contributed by atoms with Crippen molar-refractivity contribution in [2.45, 2.75) is 31.7 Å². The Kier molecular flexibility index (Phi) is 7.18. The molecule has 0 bridgehead atoms. The van der Waals surface area contributed by atoms with Crippen LogP contribution < -0.4 is 0 Å². The Hall–Kier alpha value is -1.80. The first kappa shape index (κ1) is 20.9. The maximum Gasteiger partial charge on any atom is 0.243 e. The molecule has 0 unspecified atom stereocenters. The zero-order chi connectivity index (χ0) is 20.0. The monoisotopic (exact) mass is 403 g/mol. The number of rotatable bonds is 8. The number of sulfonamides is 1. The summed E-state index contributed by atoms with van der Waals surface area (Å²) in [7, 11) is -3.57. The summed E-state index contributed by atoms with van der Waals surface area (Å²) in [5.41, 5.74) is 3.01. The quantitative estimate of drug-likeness (QED) is 0.678. The third-order valence-corrected chi connectivity index (χ3v) is 7.05. The molecule has 0 atom stereocenters. The number of aryl methyl sites for hydroxylation is 2. The van der Waals surface area contributed by atoms with Gasteiger partial charge in [0.1, 0.15) is 0 Å². The minimum atomic E-state index is -3.57. The highest BCUT2D eigenvalue weighted by atomic mass is 32.2. The standard InChI is InChI=1S/C21H29N3O3S/c1-18-4-5-21(16-19(18)2)28(25,26)24(17-20-6-8-22-9-7-20)11-3-10-23-12-14-27-15-13-23/h4-9,16H,3,10-15,17H2,1-2H3. The first-order chi connectivity index (χ1) is 13.5. The number of pyridine rings is 1. The van der Waals surface area contributed by atoms with E-state index >= 15 is 0 Å². The molecule has 7 heteroatoms. The molecule has 0 saturated carbocycles. The summed E-state index contributed by atoms with van der Waals surface area (Å²) < 4.78 is 33.7. The summed E-state index contributed by atoms with van der Waals surface area (Å²) in [4.78, 5) is 6.72. The molecule has 0 spiro atoms. The van der Waals surface area contributed by atoms with Gasteiger partial charge in [-0.1, -0.05) is 6.07 Å². The highest BCUT2D eigenvalue weighted by Gasteiger charge is 2.25. The lowest BCUT2D eigenvalue weighted by Crippen LogP contribution is -2.39. The number of morpholine rings is 1. The smallest absolute Gasteiger partial charge is 0.243 e. The topological polar surface area (TPSA) is 62.7 Å². The molecular formula is C21H29N3O3S. The molecule has 0 N–H and O–H groups in total. The van der Waals surface area contributed by atoms with E-state index in [2.05, 4.69) is 9.88 Å². The van der Waals surface area contributed by atoms with Crippen molar-refractivity contribution in [1.29, 1.82) is 0 Å². The Labute approximate surface area is 168 Å². The van der Waals surface area contributed by atoms with Crippen LogP contribution in [0.1, 0.15) is 23.1 Å². The van der Waals surface area contributed by atoms with E-state index < -0.39 is 10.0 Å². The van der Waals surface area contributed by atoms with Crippen LogP contribution in [0.2, 0.25) is 0 Å². The van der Waals surface area contributed by atoms with Crippen molar-refractivity contribution in [3.8, 4) is 0 Å². The molecule has 0 radical (unpaired) electrons. The van der Waals surface area contributed by atoms with E-state index in [4.69, 9.17) is 4.74 Å². The molecule has 2 heterocycles. The average molecular weight is 404 g/mol. The number of ether oxygens (including phenoxy) is 1. The Morgan fingerprint density at radius 3 is 2.46 bits per heavy atom. The number of nitrogens with zero attached hydrogens (tertiary/aromatic N) is 3. The number of aromatic nitrogens is 1. The number of hydrogen-bond donors (Lipinski definition) is 0. The van der Waals surface area contributed by atoms with Gasteiger partial charge in [0.05, 0.1) is 18.1 Å². The molecule has 1 fully saturated rings. The first-order valence-electron chi connectivity index (χ1n) is 9.73. The zero-order valence-electron chi connectivity index (χ0n) is 16.7. The molecule has 0 aliphatic carbocycles. The van der Waals surface area contributed by atoms with Crippen molar-refractivity contribution >= 4 is 10.0 Å². The molecule has 28 heavy (non-hydrogen) atoms. The van der Waals surface area contributed by atoms with Crippen molar-refractivity contribution in [3.63, 3.8) is 0 Å². The molecule has 152 valence electrons. The van der Waals surface area contributed by atoms with Gasteiger partial charge in [-0.25, -0.2) is 8.42 Å². The minimum Gasteiger partial charge on any atom is -0.379 e. The highest BCUT2D eigenvalue weighted by molar-refractivity contribution is 7.89. The SMILES string of the molecule is Cc1ccc(S(=O)(=O)N(CCCN2CCOCC2)Cc2ccncc2)cc1C. The molecule has 1 aliphatic heterocycles. The van der Waals surface area contributed by atoms with Gasteiger partial charge in [-0.05, 0) is 67.8 Å². The van der Waals surface area contributed by atoms with Crippen molar-refractivity contribution < 1.29 is 13.2 Å². The van der Waals surface area contributed by atoms with E-state index in [1.54, 1.807) is 28.8 Å². The molecule has 1 aliphatic rings. The average Bonchev–Trinajstić information content (AvgIpc) is 2.71. The van der Waals surface area contributed by atoms with Gasteiger partial charge in [-0.2, -0.15) is 4.31 Å². The second-order valence-electron chi connectivity index (χ2n) is 7.25. The lowest BCUT2D eigenvalue weighted by Gasteiger charge is -2.28. The minimum absolute atomic E-state index is 0.348. The van der Waals surface area contributed by atoms with Gasteiger partial charge < -0.3 is 4.74 Å². The Morgan fingerprint density at radius 2 is 1.79 bits per heavy atom. The largest absolute Gasteiger partial charge is 0.379 e. The Bertz CT molecular complexity index is 866. The second-order valence-corrected chi connectivity index (χ2v) is 9.19. The van der Waals surface area contributed by atoms with E-state index in [0.29, 0.717) is 18.0 Å². The van der Waals surface area contributed by atoms with Crippen LogP contribution in [-0.2, 0) is 21.3 Å². The fourth-order valence-electron chi connectivity index (χ4n) is 3.29. The Morgan fingerprint density at radius 1 is 1.07 bits per heavy atom. The summed E-state index contributed by atoms with van der Waals surface area (Å²) in [5.74, 6) is 0. The summed E-state index contributed by atoms with van der Waals surface area (Å²) in [6, 6.07) is 9.09. The lowest BCUT2D eigenvalue weighted by molar-refractivity contribution is 0.0368. The molecule has 2 aromatic rings. The van der Waals surface area contributed by atoms with Gasteiger partial charge in [0.25, 0.3) is 0 Å². The highest BCUT2D eigenvalue weighted by Crippen LogP contribution is 2.21. The predicted octanol–water partition coefficient (Wildman–Crippen LogP) is 2.61. The van der Waals surface area contributed by atoms with Gasteiger partial charge in [0.15, 0.2) is 0 Å². The fraction of sp³-hybridized carbons (Fsp3) is 0.476. The maximum atomic E-state index is 13.4. The summed E-state index contributed by atoms with van der Waals surface area (Å²) in [6.45, 7) is 8.96. The molecular weight excluding hydrogens is 374 g/mol. The van der Waals surface area contributed by atoms with Crippen LogP contribution in [0.5, 0.6) is 0 Å². The molecule has 1 saturated heterocycles. The number of hydrogen-bond acceptors (Lipinski definition) is 5. The molecule has 6 nitrogen and oxygen atoms in total. The molecule has 0 amide bonds. The molecule has 1 aromatic heterocycles. The van der Waals surface area contributed by atoms with Gasteiger partial charge in [-0.3, -0.25) is 9.88 Å². The lowest BCUT2D eigenvalue weighted by atomic mass is 10.1. The van der Waals surface area contributed by atoms with Crippen LogP contribution in [-0.4, -0.2) is 62.0 Å². The van der Waals surface area contributed by atoms with E-state index in [-0.39, 0.29) is 0 Å². The first-order valence-corrected chi connectivity index (χ1v) is 11.2. The van der Waals surface area contributed by atoms with Crippen LogP contribution in [0.3, 0.4) is 0 Å². The summed E-state index contributed by atoms with van der Waals surface area (Å²) in [6.07, 6.45) is 4.18. The van der Waals surface area contributed by atoms with Crippen LogP contribution in [0.15, 0.2) is 47.6 Å². The van der Waals surface area contributed by atoms with Crippen LogP contribution in [0.25, 0.3) is 0 Å². The fourth-order valence-corrected chi connectivity index (χ4v) is 4.85. The van der Waals surface area contributed by atoms with Crippen molar-refractivity contribution in [2.75, 3.05) is 39.4 Å². The maximum absolute atomic E-state index is 13.4. The normalized spacial score (nSPS) is 15.8. The zero-order valence-corrected chi connectivity index (χ0v) is 17.5. The summed E-state index contributed by atoms with van der Waals surface area (Å²) >= 11 is 0. The van der Waals surface area contributed by atoms with Gasteiger partial charge in [-0.15, -0.1) is 0 Å². The molecule has 3 rings (SSSR count). The predicted molar refractivity (Wildman–Crippen MR) is 110 cm³/mol. The van der Waals surface area contributed by atoms with Crippen LogP contribution >= 0.6 is 0 Å². The van der Waals surface area contributed by atoms with Gasteiger partial charge >= 0.3 is 0 Å². The van der Waals surface area contributed by atoms with Crippen molar-refractivity contribution in [3.05, 3.63) is 59.4 Å². The number of benzene rings is 1. The van der Waals surface area contributed by atoms with E-state index in [1.807, 2.05) is 32.0 Å². The van der Waals surface area contributed by atoms with Gasteiger partial charge in [0, 0.05) is 38.6 Å². The van der Waals surface area contributed by atoms with Crippen LogP contribution in [0, 0.1) is 13.8 Å². The second kappa shape index (κ2) is 9.60. The third kappa shape index (κ3) is 5.38. The summed E-state index contributed by atoms with van der Waals surface area (Å²) in [5, 5.41) is 0.